The lowest BCUT2D eigenvalue weighted by atomic mass is 9.93. The highest BCUT2D eigenvalue weighted by atomic mass is 16.6. The Morgan fingerprint density at radius 1 is 1.41 bits per heavy atom. The number of benzene rings is 1. The van der Waals surface area contributed by atoms with Gasteiger partial charge in [-0.1, -0.05) is 6.58 Å². The number of carbonyl (C=O) groups is 1. The molecule has 0 N–H and O–H groups in total. The van der Waals surface area contributed by atoms with Gasteiger partial charge < -0.3 is 9.64 Å². The average molecular weight is 302 g/mol. The number of allylic oxidation sites excluding steroid dienone is 1. The zero-order chi connectivity index (χ0) is 16.7. The monoisotopic (exact) mass is 302 g/mol. The van der Waals surface area contributed by atoms with Gasteiger partial charge in [-0.2, -0.15) is 0 Å². The summed E-state index contributed by atoms with van der Waals surface area (Å²) in [5.74, 6) is 0.183. The third kappa shape index (κ3) is 2.86. The number of nitro benzene ring substituents is 1. The van der Waals surface area contributed by atoms with Gasteiger partial charge in [-0.3, -0.25) is 14.9 Å². The third-order valence-corrected chi connectivity index (χ3v) is 3.44. The molecule has 0 unspecified atom stereocenters. The van der Waals surface area contributed by atoms with E-state index in [-0.39, 0.29) is 11.6 Å². The first-order chi connectivity index (χ1) is 10.1. The fraction of sp³-hybridized carbons (Fsp3) is 0.312. The highest BCUT2D eigenvalue weighted by Crippen LogP contribution is 2.39. The van der Waals surface area contributed by atoms with E-state index in [9.17, 15) is 14.9 Å². The van der Waals surface area contributed by atoms with Crippen molar-refractivity contribution < 1.29 is 14.5 Å². The van der Waals surface area contributed by atoms with Crippen molar-refractivity contribution in [3.8, 4) is 5.75 Å². The normalized spacial score (nSPS) is 15.2. The van der Waals surface area contributed by atoms with Crippen molar-refractivity contribution in [3.05, 3.63) is 52.2 Å². The van der Waals surface area contributed by atoms with Gasteiger partial charge in [0.15, 0.2) is 0 Å². The van der Waals surface area contributed by atoms with Gasteiger partial charge in [0, 0.05) is 30.4 Å². The molecule has 1 amide bonds. The van der Waals surface area contributed by atoms with E-state index in [1.165, 1.54) is 23.1 Å². The highest BCUT2D eigenvalue weighted by Gasteiger charge is 2.32. The molecular weight excluding hydrogens is 284 g/mol. The summed E-state index contributed by atoms with van der Waals surface area (Å²) in [6.45, 7) is 9.12. The second-order valence-electron chi connectivity index (χ2n) is 5.80. The van der Waals surface area contributed by atoms with E-state index in [0.717, 1.165) is 0 Å². The van der Waals surface area contributed by atoms with E-state index in [4.69, 9.17) is 4.74 Å². The Labute approximate surface area is 128 Å². The maximum Gasteiger partial charge on any atom is 0.270 e. The number of hydrogen-bond donors (Lipinski definition) is 0. The van der Waals surface area contributed by atoms with E-state index in [0.29, 0.717) is 22.6 Å². The van der Waals surface area contributed by atoms with Crippen molar-refractivity contribution in [2.24, 2.45) is 0 Å². The Kier molecular flexibility index (Phi) is 3.79. The van der Waals surface area contributed by atoms with E-state index in [1.807, 2.05) is 13.8 Å². The smallest absolute Gasteiger partial charge is 0.270 e. The molecule has 0 bridgehead atoms. The van der Waals surface area contributed by atoms with Crippen LogP contribution in [0, 0.1) is 10.1 Å². The van der Waals surface area contributed by atoms with Crippen LogP contribution in [0.5, 0.6) is 5.75 Å². The number of nitro groups is 1. The first-order valence-corrected chi connectivity index (χ1v) is 6.76. The average Bonchev–Trinajstić information content (AvgIpc) is 2.43. The fourth-order valence-corrected chi connectivity index (χ4v) is 2.20. The summed E-state index contributed by atoms with van der Waals surface area (Å²) in [5.41, 5.74) is 0.623. The minimum absolute atomic E-state index is 0.0845. The number of hydrogen-bond acceptors (Lipinski definition) is 4. The second-order valence-corrected chi connectivity index (χ2v) is 5.80. The van der Waals surface area contributed by atoms with Gasteiger partial charge in [0.25, 0.3) is 11.6 Å². The third-order valence-electron chi connectivity index (χ3n) is 3.44. The summed E-state index contributed by atoms with van der Waals surface area (Å²) in [5, 5.41) is 11.0. The molecule has 1 aliphatic rings. The van der Waals surface area contributed by atoms with Crippen LogP contribution in [0.25, 0.3) is 5.57 Å². The molecule has 1 aromatic carbocycles. The number of non-ortho nitro benzene ring substituents is 1. The summed E-state index contributed by atoms with van der Waals surface area (Å²) >= 11 is 0. The first-order valence-electron chi connectivity index (χ1n) is 6.76. The van der Waals surface area contributed by atoms with Crippen LogP contribution in [-0.2, 0) is 4.79 Å². The molecule has 6 heteroatoms. The van der Waals surface area contributed by atoms with E-state index < -0.39 is 10.5 Å². The van der Waals surface area contributed by atoms with E-state index in [1.54, 1.807) is 20.0 Å². The summed E-state index contributed by atoms with van der Waals surface area (Å²) in [6, 6.07) is 4.25. The van der Waals surface area contributed by atoms with Crippen LogP contribution in [0.1, 0.15) is 26.3 Å². The molecule has 0 aliphatic carbocycles. The quantitative estimate of drug-likeness (QED) is 0.635. The lowest BCUT2D eigenvalue weighted by Crippen LogP contribution is -2.33. The number of carbonyl (C=O) groups excluding carboxylic acids is 1. The number of ether oxygens (including phenoxy) is 1. The number of nitrogens with zero attached hydrogens (tertiary/aromatic N) is 2. The minimum atomic E-state index is -0.677. The topological polar surface area (TPSA) is 72.7 Å². The molecule has 0 radical (unpaired) electrons. The van der Waals surface area contributed by atoms with Gasteiger partial charge in [0.2, 0.25) is 0 Å². The summed E-state index contributed by atoms with van der Waals surface area (Å²) in [6.07, 6.45) is 1.68. The Bertz CT molecular complexity index is 704. The standard InChI is InChI=1S/C16H18N2O4/c1-10(2)17(5)15(19)13-9-16(3,4)22-14-7-6-11(18(20)21)8-12(13)14/h6-9H,1H2,2-5H3. The molecule has 0 saturated heterocycles. The number of amides is 1. The molecule has 1 aromatic rings. The van der Waals surface area contributed by atoms with Gasteiger partial charge in [-0.15, -0.1) is 0 Å². The predicted octanol–water partition coefficient (Wildman–Crippen LogP) is 3.14. The van der Waals surface area contributed by atoms with Gasteiger partial charge in [0.05, 0.1) is 10.5 Å². The van der Waals surface area contributed by atoms with Crippen molar-refractivity contribution in [2.45, 2.75) is 26.4 Å². The van der Waals surface area contributed by atoms with Crippen molar-refractivity contribution in [1.82, 2.24) is 4.90 Å². The minimum Gasteiger partial charge on any atom is -0.483 e. The lowest BCUT2D eigenvalue weighted by Gasteiger charge is -2.31. The second kappa shape index (κ2) is 5.29. The van der Waals surface area contributed by atoms with Crippen molar-refractivity contribution in [3.63, 3.8) is 0 Å². The Hall–Kier alpha value is -2.63. The zero-order valence-electron chi connectivity index (χ0n) is 13.0. The fourth-order valence-electron chi connectivity index (χ4n) is 2.20. The molecule has 0 fully saturated rings. The van der Waals surface area contributed by atoms with E-state index in [2.05, 4.69) is 6.58 Å². The van der Waals surface area contributed by atoms with Gasteiger partial charge in [-0.05, 0) is 32.9 Å². The van der Waals surface area contributed by atoms with Crippen LogP contribution in [0.15, 0.2) is 36.6 Å². The molecule has 0 spiro atoms. The SMILES string of the molecule is C=C(C)N(C)C(=O)C1=CC(C)(C)Oc2ccc([N+](=O)[O-])cc21. The first kappa shape index (κ1) is 15.8. The van der Waals surface area contributed by atoms with Gasteiger partial charge >= 0.3 is 0 Å². The summed E-state index contributed by atoms with van der Waals surface area (Å²) in [4.78, 5) is 24.5. The molecule has 0 atom stereocenters. The number of fused-ring (bicyclic) bond motifs is 1. The maximum atomic E-state index is 12.6. The Morgan fingerprint density at radius 3 is 2.59 bits per heavy atom. The van der Waals surface area contributed by atoms with Crippen LogP contribution < -0.4 is 4.74 Å². The van der Waals surface area contributed by atoms with E-state index >= 15 is 0 Å². The molecule has 6 nitrogen and oxygen atoms in total. The summed E-state index contributed by atoms with van der Waals surface area (Å²) in [7, 11) is 1.62. The van der Waals surface area contributed by atoms with Crippen LogP contribution in [0.4, 0.5) is 5.69 Å². The molecule has 0 saturated carbocycles. The number of likely N-dealkylation sites (N-methyl/N-ethyl adjacent to an activating group) is 1. The highest BCUT2D eigenvalue weighted by molar-refractivity contribution is 6.21. The maximum absolute atomic E-state index is 12.6. The molecule has 22 heavy (non-hydrogen) atoms. The van der Waals surface area contributed by atoms with Crippen LogP contribution in [-0.4, -0.2) is 28.4 Å². The molecule has 2 rings (SSSR count). The molecule has 1 aliphatic heterocycles. The Balaban J connectivity index is 2.59. The molecule has 1 heterocycles. The predicted molar refractivity (Wildman–Crippen MR) is 83.4 cm³/mol. The lowest BCUT2D eigenvalue weighted by molar-refractivity contribution is -0.384. The van der Waals surface area contributed by atoms with Gasteiger partial charge in [0.1, 0.15) is 11.4 Å². The van der Waals surface area contributed by atoms with Crippen LogP contribution in [0.3, 0.4) is 0 Å². The number of rotatable bonds is 3. The largest absolute Gasteiger partial charge is 0.483 e. The molecular formula is C16H18N2O4. The van der Waals surface area contributed by atoms with Crippen molar-refractivity contribution in [1.29, 1.82) is 0 Å². The van der Waals surface area contributed by atoms with Crippen molar-refractivity contribution >= 4 is 17.2 Å². The van der Waals surface area contributed by atoms with Gasteiger partial charge in [-0.25, -0.2) is 0 Å². The Morgan fingerprint density at radius 2 is 2.05 bits per heavy atom. The van der Waals surface area contributed by atoms with Crippen LogP contribution in [0.2, 0.25) is 0 Å². The zero-order valence-corrected chi connectivity index (χ0v) is 13.0. The molecule has 116 valence electrons. The van der Waals surface area contributed by atoms with Crippen LogP contribution >= 0.6 is 0 Å². The van der Waals surface area contributed by atoms with Crippen molar-refractivity contribution in [2.75, 3.05) is 7.05 Å². The molecule has 0 aromatic heterocycles. The summed E-state index contributed by atoms with van der Waals surface area (Å²) < 4.78 is 5.78.